The number of hydrogen-bond acceptors (Lipinski definition) is 3. The van der Waals surface area contributed by atoms with Crippen LogP contribution in [0.5, 0.6) is 0 Å². The smallest absolute Gasteiger partial charge is 0.125 e. The molecule has 2 rings (SSSR count). The van der Waals surface area contributed by atoms with E-state index in [0.29, 0.717) is 0 Å². The lowest BCUT2D eigenvalue weighted by atomic mass is 10.1. The average Bonchev–Trinajstić information content (AvgIpc) is 2.20. The minimum absolute atomic E-state index is 0.791. The van der Waals surface area contributed by atoms with E-state index in [2.05, 4.69) is 9.97 Å². The molecule has 0 saturated heterocycles. The molecular formula is C13H15N3. The summed E-state index contributed by atoms with van der Waals surface area (Å²) in [6, 6.07) is 9.90. The molecule has 2 aromatic rings. The predicted octanol–water partition coefficient (Wildman–Crippen LogP) is 2.27. The number of nitrogen functional groups attached to an aromatic ring is 1. The Labute approximate surface area is 95.4 Å². The van der Waals surface area contributed by atoms with Crippen molar-refractivity contribution in [2.24, 2.45) is 0 Å². The molecule has 2 N–H and O–H groups in total. The Hall–Kier alpha value is -1.90. The largest absolute Gasteiger partial charge is 0.399 e. The van der Waals surface area contributed by atoms with Crippen LogP contribution in [0.4, 0.5) is 5.69 Å². The van der Waals surface area contributed by atoms with Crippen molar-refractivity contribution in [2.45, 2.75) is 20.3 Å². The lowest BCUT2D eigenvalue weighted by molar-refractivity contribution is 0.942. The van der Waals surface area contributed by atoms with Gasteiger partial charge in [-0.25, -0.2) is 9.97 Å². The maximum Gasteiger partial charge on any atom is 0.125 e. The lowest BCUT2D eigenvalue weighted by Gasteiger charge is -2.04. The number of anilines is 1. The van der Waals surface area contributed by atoms with Gasteiger partial charge in [-0.1, -0.05) is 12.1 Å². The maximum absolute atomic E-state index is 5.64. The summed E-state index contributed by atoms with van der Waals surface area (Å²) >= 11 is 0. The zero-order valence-corrected chi connectivity index (χ0v) is 9.57. The molecule has 1 aromatic carbocycles. The van der Waals surface area contributed by atoms with Crippen LogP contribution in [0.15, 0.2) is 30.3 Å². The highest BCUT2D eigenvalue weighted by Crippen LogP contribution is 2.11. The summed E-state index contributed by atoms with van der Waals surface area (Å²) in [5.74, 6) is 0.824. The minimum Gasteiger partial charge on any atom is -0.399 e. The Bertz CT molecular complexity index is 469. The van der Waals surface area contributed by atoms with E-state index in [1.54, 1.807) is 0 Å². The van der Waals surface area contributed by atoms with Crippen LogP contribution in [0.2, 0.25) is 0 Å². The number of nitrogens with two attached hydrogens (primary N) is 1. The third-order valence-corrected chi connectivity index (χ3v) is 2.38. The van der Waals surface area contributed by atoms with Crippen molar-refractivity contribution in [3.05, 3.63) is 53.1 Å². The van der Waals surface area contributed by atoms with Crippen molar-refractivity contribution >= 4 is 5.69 Å². The summed E-state index contributed by atoms with van der Waals surface area (Å²) in [6.07, 6.45) is 0.824. The van der Waals surface area contributed by atoms with Gasteiger partial charge in [0.2, 0.25) is 0 Å². The molecule has 0 aliphatic carbocycles. The fraction of sp³-hybridized carbons (Fsp3) is 0.231. The van der Waals surface area contributed by atoms with Crippen LogP contribution in [0, 0.1) is 13.8 Å². The van der Waals surface area contributed by atoms with Crippen molar-refractivity contribution in [3.63, 3.8) is 0 Å². The van der Waals surface area contributed by atoms with Crippen molar-refractivity contribution < 1.29 is 0 Å². The van der Waals surface area contributed by atoms with E-state index >= 15 is 0 Å². The van der Waals surface area contributed by atoms with E-state index in [4.69, 9.17) is 5.73 Å². The first-order valence-corrected chi connectivity index (χ1v) is 5.29. The summed E-state index contributed by atoms with van der Waals surface area (Å²) in [5.41, 5.74) is 9.71. The van der Waals surface area contributed by atoms with Gasteiger partial charge in [0.1, 0.15) is 5.82 Å². The van der Waals surface area contributed by atoms with Crippen molar-refractivity contribution in [3.8, 4) is 0 Å². The van der Waals surface area contributed by atoms with E-state index in [1.807, 2.05) is 44.2 Å². The number of rotatable bonds is 2. The second-order valence-electron chi connectivity index (χ2n) is 3.97. The van der Waals surface area contributed by atoms with E-state index in [1.165, 1.54) is 5.56 Å². The summed E-state index contributed by atoms with van der Waals surface area (Å²) < 4.78 is 0. The predicted molar refractivity (Wildman–Crippen MR) is 65.2 cm³/mol. The zero-order chi connectivity index (χ0) is 11.5. The fourth-order valence-electron chi connectivity index (χ4n) is 1.73. The van der Waals surface area contributed by atoms with Gasteiger partial charge in [0.15, 0.2) is 0 Å². The summed E-state index contributed by atoms with van der Waals surface area (Å²) in [6.45, 7) is 3.90. The van der Waals surface area contributed by atoms with Gasteiger partial charge in [-0.15, -0.1) is 0 Å². The molecule has 0 atom stereocenters. The molecular weight excluding hydrogens is 198 g/mol. The monoisotopic (exact) mass is 213 g/mol. The number of hydrogen-bond donors (Lipinski definition) is 1. The number of benzene rings is 1. The Morgan fingerprint density at radius 2 is 1.75 bits per heavy atom. The second-order valence-corrected chi connectivity index (χ2v) is 3.97. The highest BCUT2D eigenvalue weighted by molar-refractivity contribution is 5.40. The molecule has 0 radical (unpaired) electrons. The van der Waals surface area contributed by atoms with Crippen LogP contribution in [-0.4, -0.2) is 9.97 Å². The van der Waals surface area contributed by atoms with Crippen LogP contribution in [-0.2, 0) is 6.42 Å². The SMILES string of the molecule is Cc1cc(Cc2ccc(N)cc2)nc(C)n1. The average molecular weight is 213 g/mol. The highest BCUT2D eigenvalue weighted by atomic mass is 14.9. The molecule has 1 heterocycles. The number of aryl methyl sites for hydroxylation is 2. The first-order valence-electron chi connectivity index (χ1n) is 5.29. The molecule has 1 aromatic heterocycles. The van der Waals surface area contributed by atoms with Gasteiger partial charge in [-0.05, 0) is 37.6 Å². The first kappa shape index (κ1) is 10.6. The van der Waals surface area contributed by atoms with Gasteiger partial charge in [0.05, 0.1) is 0 Å². The molecule has 3 heteroatoms. The second kappa shape index (κ2) is 4.31. The van der Waals surface area contributed by atoms with E-state index in [9.17, 15) is 0 Å². The quantitative estimate of drug-likeness (QED) is 0.778. The standard InChI is InChI=1S/C13H15N3/c1-9-7-13(16-10(2)15-9)8-11-3-5-12(14)6-4-11/h3-7H,8,14H2,1-2H3. The Kier molecular flexibility index (Phi) is 2.86. The number of aromatic nitrogens is 2. The molecule has 16 heavy (non-hydrogen) atoms. The van der Waals surface area contributed by atoms with Crippen LogP contribution in [0.25, 0.3) is 0 Å². The van der Waals surface area contributed by atoms with Gasteiger partial charge >= 0.3 is 0 Å². The molecule has 0 fully saturated rings. The fourth-order valence-corrected chi connectivity index (χ4v) is 1.73. The van der Waals surface area contributed by atoms with Crippen LogP contribution < -0.4 is 5.73 Å². The third-order valence-electron chi connectivity index (χ3n) is 2.38. The van der Waals surface area contributed by atoms with Gasteiger partial charge in [-0.3, -0.25) is 0 Å². The molecule has 0 bridgehead atoms. The molecule has 0 saturated carbocycles. The Morgan fingerprint density at radius 3 is 2.38 bits per heavy atom. The van der Waals surface area contributed by atoms with Gasteiger partial charge in [0.25, 0.3) is 0 Å². The van der Waals surface area contributed by atoms with Gasteiger partial charge < -0.3 is 5.73 Å². The topological polar surface area (TPSA) is 51.8 Å². The van der Waals surface area contributed by atoms with Gasteiger partial charge in [0, 0.05) is 23.5 Å². The lowest BCUT2D eigenvalue weighted by Crippen LogP contribution is -1.98. The normalized spacial score (nSPS) is 10.4. The molecule has 0 aliphatic rings. The van der Waals surface area contributed by atoms with Gasteiger partial charge in [-0.2, -0.15) is 0 Å². The molecule has 0 unspecified atom stereocenters. The molecule has 3 nitrogen and oxygen atoms in total. The maximum atomic E-state index is 5.64. The van der Waals surface area contributed by atoms with E-state index in [-0.39, 0.29) is 0 Å². The molecule has 0 aliphatic heterocycles. The Balaban J connectivity index is 2.23. The van der Waals surface area contributed by atoms with Crippen LogP contribution in [0.1, 0.15) is 22.8 Å². The highest BCUT2D eigenvalue weighted by Gasteiger charge is 2.00. The van der Waals surface area contributed by atoms with E-state index < -0.39 is 0 Å². The number of nitrogens with zero attached hydrogens (tertiary/aromatic N) is 2. The summed E-state index contributed by atoms with van der Waals surface area (Å²) in [7, 11) is 0. The van der Waals surface area contributed by atoms with Crippen molar-refractivity contribution in [1.82, 2.24) is 9.97 Å². The van der Waals surface area contributed by atoms with E-state index in [0.717, 1.165) is 29.3 Å². The van der Waals surface area contributed by atoms with Crippen molar-refractivity contribution in [2.75, 3.05) is 5.73 Å². The van der Waals surface area contributed by atoms with Crippen LogP contribution >= 0.6 is 0 Å². The van der Waals surface area contributed by atoms with Crippen LogP contribution in [0.3, 0.4) is 0 Å². The molecule has 0 spiro atoms. The minimum atomic E-state index is 0.791. The third kappa shape index (κ3) is 2.57. The molecule has 82 valence electrons. The van der Waals surface area contributed by atoms with Crippen molar-refractivity contribution in [1.29, 1.82) is 0 Å². The Morgan fingerprint density at radius 1 is 1.06 bits per heavy atom. The first-order chi connectivity index (χ1) is 7.63. The molecule has 0 amide bonds. The zero-order valence-electron chi connectivity index (χ0n) is 9.57. The summed E-state index contributed by atoms with van der Waals surface area (Å²) in [4.78, 5) is 8.67. The summed E-state index contributed by atoms with van der Waals surface area (Å²) in [5, 5.41) is 0.